The lowest BCUT2D eigenvalue weighted by Crippen LogP contribution is -2.46. The molecule has 1 aromatic carbocycles. The fraction of sp³-hybridized carbons (Fsp3) is 0.412. The Labute approximate surface area is 142 Å². The summed E-state index contributed by atoms with van der Waals surface area (Å²) in [4.78, 5) is 13.5. The number of anilines is 3. The maximum atomic E-state index is 6.08. The van der Waals surface area contributed by atoms with Crippen molar-refractivity contribution in [2.24, 2.45) is 0 Å². The summed E-state index contributed by atoms with van der Waals surface area (Å²) >= 11 is 6.08. The topological polar surface area (TPSA) is 44.3 Å². The SMILES string of the molecule is CCN1CCN(c2cc(Nc3cc(Cl)ccc3C)ncn2)CC1. The van der Waals surface area contributed by atoms with Crippen molar-refractivity contribution in [2.75, 3.05) is 42.9 Å². The Balaban J connectivity index is 1.74. The van der Waals surface area contributed by atoms with Crippen LogP contribution in [0.4, 0.5) is 17.3 Å². The Morgan fingerprint density at radius 2 is 1.91 bits per heavy atom. The molecule has 1 aliphatic heterocycles. The second-order valence-corrected chi connectivity index (χ2v) is 6.20. The highest BCUT2D eigenvalue weighted by atomic mass is 35.5. The normalized spacial score (nSPS) is 15.7. The number of hydrogen-bond donors (Lipinski definition) is 1. The molecule has 2 aromatic rings. The highest BCUT2D eigenvalue weighted by Crippen LogP contribution is 2.24. The van der Waals surface area contributed by atoms with E-state index >= 15 is 0 Å². The molecule has 122 valence electrons. The molecule has 1 aliphatic rings. The number of aryl methyl sites for hydroxylation is 1. The number of nitrogens with one attached hydrogen (secondary N) is 1. The Hall–Kier alpha value is -1.85. The Morgan fingerprint density at radius 3 is 2.65 bits per heavy atom. The first-order valence-corrected chi connectivity index (χ1v) is 8.36. The van der Waals surface area contributed by atoms with Crippen molar-refractivity contribution in [3.05, 3.63) is 41.2 Å². The van der Waals surface area contributed by atoms with E-state index < -0.39 is 0 Å². The van der Waals surface area contributed by atoms with Gasteiger partial charge in [0.15, 0.2) is 0 Å². The fourth-order valence-electron chi connectivity index (χ4n) is 2.75. The van der Waals surface area contributed by atoms with Crippen molar-refractivity contribution in [1.29, 1.82) is 0 Å². The summed E-state index contributed by atoms with van der Waals surface area (Å²) < 4.78 is 0. The molecule has 0 aliphatic carbocycles. The number of hydrogen-bond acceptors (Lipinski definition) is 5. The van der Waals surface area contributed by atoms with E-state index in [0.29, 0.717) is 5.02 Å². The van der Waals surface area contributed by atoms with Gasteiger partial charge in [0.05, 0.1) is 0 Å². The minimum atomic E-state index is 0.711. The molecule has 0 saturated carbocycles. The van der Waals surface area contributed by atoms with Crippen LogP contribution >= 0.6 is 11.6 Å². The molecule has 0 spiro atoms. The molecular formula is C17H22ClN5. The van der Waals surface area contributed by atoms with Crippen LogP contribution in [0.15, 0.2) is 30.6 Å². The van der Waals surface area contributed by atoms with E-state index in [-0.39, 0.29) is 0 Å². The number of benzene rings is 1. The van der Waals surface area contributed by atoms with Gasteiger partial charge in [0, 0.05) is 43.0 Å². The highest BCUT2D eigenvalue weighted by Gasteiger charge is 2.17. The molecule has 2 heterocycles. The van der Waals surface area contributed by atoms with Crippen molar-refractivity contribution in [3.63, 3.8) is 0 Å². The molecule has 1 fully saturated rings. The van der Waals surface area contributed by atoms with E-state index in [9.17, 15) is 0 Å². The second-order valence-electron chi connectivity index (χ2n) is 5.77. The zero-order valence-corrected chi connectivity index (χ0v) is 14.3. The predicted octanol–water partition coefficient (Wildman–Crippen LogP) is 3.32. The molecule has 1 saturated heterocycles. The maximum absolute atomic E-state index is 6.08. The van der Waals surface area contributed by atoms with Crippen LogP contribution in [0.1, 0.15) is 12.5 Å². The van der Waals surface area contributed by atoms with Crippen molar-refractivity contribution < 1.29 is 0 Å². The van der Waals surface area contributed by atoms with Gasteiger partial charge >= 0.3 is 0 Å². The molecule has 0 bridgehead atoms. The first kappa shape index (κ1) is 16.0. The van der Waals surface area contributed by atoms with E-state index in [0.717, 1.165) is 55.6 Å². The summed E-state index contributed by atoms with van der Waals surface area (Å²) in [7, 11) is 0. The van der Waals surface area contributed by atoms with E-state index in [1.54, 1.807) is 6.33 Å². The summed E-state index contributed by atoms with van der Waals surface area (Å²) in [6.45, 7) is 9.52. The van der Waals surface area contributed by atoms with Crippen molar-refractivity contribution in [2.45, 2.75) is 13.8 Å². The van der Waals surface area contributed by atoms with Gasteiger partial charge in [0.2, 0.25) is 0 Å². The van der Waals surface area contributed by atoms with Crippen molar-refractivity contribution >= 4 is 28.9 Å². The minimum absolute atomic E-state index is 0.711. The predicted molar refractivity (Wildman–Crippen MR) is 95.8 cm³/mol. The average molecular weight is 332 g/mol. The molecule has 0 radical (unpaired) electrons. The third-order valence-corrected chi connectivity index (χ3v) is 4.49. The van der Waals surface area contributed by atoms with Crippen LogP contribution in [0, 0.1) is 6.92 Å². The standard InChI is InChI=1S/C17H22ClN5/c1-3-22-6-8-23(9-7-22)17-11-16(19-12-20-17)21-15-10-14(18)5-4-13(15)2/h4-5,10-12H,3,6-9H2,1-2H3,(H,19,20,21). The molecule has 6 heteroatoms. The molecule has 1 aromatic heterocycles. The lowest BCUT2D eigenvalue weighted by molar-refractivity contribution is 0.270. The molecule has 0 amide bonds. The zero-order chi connectivity index (χ0) is 16.2. The largest absolute Gasteiger partial charge is 0.354 e. The van der Waals surface area contributed by atoms with Gasteiger partial charge in [-0.2, -0.15) is 0 Å². The average Bonchev–Trinajstić information content (AvgIpc) is 2.58. The summed E-state index contributed by atoms with van der Waals surface area (Å²) in [6.07, 6.45) is 1.61. The molecule has 1 N–H and O–H groups in total. The van der Waals surface area contributed by atoms with E-state index in [1.807, 2.05) is 31.2 Å². The monoisotopic (exact) mass is 331 g/mol. The molecule has 0 unspecified atom stereocenters. The minimum Gasteiger partial charge on any atom is -0.354 e. The Morgan fingerprint density at radius 1 is 1.13 bits per heavy atom. The van der Waals surface area contributed by atoms with Gasteiger partial charge in [-0.25, -0.2) is 9.97 Å². The lowest BCUT2D eigenvalue weighted by Gasteiger charge is -2.34. The highest BCUT2D eigenvalue weighted by molar-refractivity contribution is 6.30. The van der Waals surface area contributed by atoms with Crippen LogP contribution in [0.3, 0.4) is 0 Å². The van der Waals surface area contributed by atoms with Gasteiger partial charge in [-0.1, -0.05) is 24.6 Å². The van der Waals surface area contributed by atoms with Crippen LogP contribution in [0.5, 0.6) is 0 Å². The van der Waals surface area contributed by atoms with Crippen molar-refractivity contribution in [1.82, 2.24) is 14.9 Å². The van der Waals surface area contributed by atoms with Gasteiger partial charge in [-0.15, -0.1) is 0 Å². The van der Waals surface area contributed by atoms with Gasteiger partial charge < -0.3 is 15.1 Å². The summed E-state index contributed by atoms with van der Waals surface area (Å²) in [5.74, 6) is 1.76. The van der Waals surface area contributed by atoms with Crippen LogP contribution < -0.4 is 10.2 Å². The lowest BCUT2D eigenvalue weighted by atomic mass is 10.2. The third kappa shape index (κ3) is 3.92. The van der Waals surface area contributed by atoms with Crippen LogP contribution in [0.2, 0.25) is 5.02 Å². The zero-order valence-electron chi connectivity index (χ0n) is 13.6. The number of aromatic nitrogens is 2. The fourth-order valence-corrected chi connectivity index (χ4v) is 2.92. The van der Waals surface area contributed by atoms with Crippen LogP contribution in [-0.2, 0) is 0 Å². The number of nitrogens with zero attached hydrogens (tertiary/aromatic N) is 4. The number of likely N-dealkylation sites (N-methyl/N-ethyl adjacent to an activating group) is 1. The molecule has 3 rings (SSSR count). The van der Waals surface area contributed by atoms with Gasteiger partial charge in [-0.3, -0.25) is 0 Å². The first-order valence-electron chi connectivity index (χ1n) is 7.98. The van der Waals surface area contributed by atoms with Gasteiger partial charge in [0.1, 0.15) is 18.0 Å². The molecule has 0 atom stereocenters. The second kappa shape index (κ2) is 7.15. The van der Waals surface area contributed by atoms with Gasteiger partial charge in [0.25, 0.3) is 0 Å². The summed E-state index contributed by atoms with van der Waals surface area (Å²) in [5, 5.41) is 4.05. The maximum Gasteiger partial charge on any atom is 0.135 e. The van der Waals surface area contributed by atoms with Crippen LogP contribution in [0.25, 0.3) is 0 Å². The van der Waals surface area contributed by atoms with Crippen LogP contribution in [-0.4, -0.2) is 47.6 Å². The quantitative estimate of drug-likeness (QED) is 0.931. The molecule has 23 heavy (non-hydrogen) atoms. The Kier molecular flexibility index (Phi) is 4.98. The van der Waals surface area contributed by atoms with E-state index in [4.69, 9.17) is 11.6 Å². The van der Waals surface area contributed by atoms with E-state index in [2.05, 4.69) is 32.0 Å². The number of rotatable bonds is 4. The summed E-state index contributed by atoms with van der Waals surface area (Å²) in [5.41, 5.74) is 2.10. The van der Waals surface area contributed by atoms with E-state index in [1.165, 1.54) is 0 Å². The molecule has 5 nitrogen and oxygen atoms in total. The van der Waals surface area contributed by atoms with Crippen molar-refractivity contribution in [3.8, 4) is 0 Å². The molecular weight excluding hydrogens is 310 g/mol. The third-order valence-electron chi connectivity index (χ3n) is 4.26. The first-order chi connectivity index (χ1) is 11.2. The number of halogens is 1. The Bertz CT molecular complexity index is 668. The van der Waals surface area contributed by atoms with Gasteiger partial charge in [-0.05, 0) is 31.2 Å². The number of piperazine rings is 1. The smallest absolute Gasteiger partial charge is 0.135 e. The summed E-state index contributed by atoms with van der Waals surface area (Å²) in [6, 6.07) is 7.80.